The number of nitrogens with two attached hydrogens (primary N) is 1. The minimum absolute atomic E-state index is 0.178. The fraction of sp³-hybridized carbons (Fsp3) is 0.727. The van der Waals surface area contributed by atoms with Gasteiger partial charge in [-0.15, -0.1) is 0 Å². The molecule has 1 aromatic heterocycles. The first-order valence-corrected chi connectivity index (χ1v) is 5.40. The van der Waals surface area contributed by atoms with Crippen molar-refractivity contribution >= 4 is 5.95 Å². The summed E-state index contributed by atoms with van der Waals surface area (Å²) in [5.41, 5.74) is 5.82. The van der Waals surface area contributed by atoms with Crippen LogP contribution in [0.25, 0.3) is 0 Å². The topological polar surface area (TPSA) is 64.7 Å². The van der Waals surface area contributed by atoms with Crippen LogP contribution in [0.5, 0.6) is 0 Å². The molecular weight excluding hydrogens is 188 g/mol. The third-order valence-electron chi connectivity index (χ3n) is 1.91. The second-order valence-corrected chi connectivity index (χ2v) is 5.01. The lowest BCUT2D eigenvalue weighted by Gasteiger charge is -2.16. The van der Waals surface area contributed by atoms with Gasteiger partial charge in [-0.2, -0.15) is 9.97 Å². The van der Waals surface area contributed by atoms with Crippen LogP contribution in [0.1, 0.15) is 45.8 Å². The van der Waals surface area contributed by atoms with Crippen LogP contribution in [0.4, 0.5) is 5.95 Å². The molecule has 0 aliphatic heterocycles. The summed E-state index contributed by atoms with van der Waals surface area (Å²) in [5.74, 6) is 1.95. The van der Waals surface area contributed by atoms with E-state index < -0.39 is 0 Å². The van der Waals surface area contributed by atoms with Crippen LogP contribution >= 0.6 is 0 Å². The average molecular weight is 208 g/mol. The van der Waals surface area contributed by atoms with Crippen molar-refractivity contribution in [3.8, 4) is 0 Å². The molecule has 0 fully saturated rings. The van der Waals surface area contributed by atoms with Gasteiger partial charge in [0.2, 0.25) is 5.95 Å². The summed E-state index contributed by atoms with van der Waals surface area (Å²) in [5, 5.41) is 0. The maximum absolute atomic E-state index is 5.65. The van der Waals surface area contributed by atoms with Gasteiger partial charge >= 0.3 is 0 Å². The summed E-state index contributed by atoms with van der Waals surface area (Å²) in [6, 6.07) is 0. The maximum atomic E-state index is 5.65. The number of hydrogen-bond acceptors (Lipinski definition) is 4. The molecule has 4 heteroatoms. The summed E-state index contributed by atoms with van der Waals surface area (Å²) in [4.78, 5) is 12.7. The van der Waals surface area contributed by atoms with Crippen molar-refractivity contribution in [2.24, 2.45) is 5.41 Å². The van der Waals surface area contributed by atoms with Crippen molar-refractivity contribution in [3.05, 3.63) is 11.6 Å². The summed E-state index contributed by atoms with van der Waals surface area (Å²) >= 11 is 0. The predicted octanol–water partition coefficient (Wildman–Crippen LogP) is 1.99. The Labute approximate surface area is 91.3 Å². The first kappa shape index (κ1) is 11.9. The van der Waals surface area contributed by atoms with Crippen LogP contribution in [0.2, 0.25) is 0 Å². The third-order valence-corrected chi connectivity index (χ3v) is 1.91. The zero-order valence-corrected chi connectivity index (χ0v) is 10.0. The van der Waals surface area contributed by atoms with Gasteiger partial charge in [-0.3, -0.25) is 0 Å². The Balaban J connectivity index is 2.88. The van der Waals surface area contributed by atoms with E-state index in [-0.39, 0.29) is 5.41 Å². The maximum Gasteiger partial charge on any atom is 0.223 e. The normalized spacial score (nSPS) is 11.7. The minimum Gasteiger partial charge on any atom is -0.368 e. The second kappa shape index (κ2) is 4.55. The van der Waals surface area contributed by atoms with Crippen LogP contribution in [-0.2, 0) is 12.8 Å². The first-order valence-electron chi connectivity index (χ1n) is 5.40. The zero-order valence-electron chi connectivity index (χ0n) is 10.0. The van der Waals surface area contributed by atoms with Gasteiger partial charge in [0, 0.05) is 12.8 Å². The van der Waals surface area contributed by atoms with Gasteiger partial charge in [0.1, 0.15) is 11.6 Å². The van der Waals surface area contributed by atoms with E-state index in [2.05, 4.69) is 42.6 Å². The first-order chi connectivity index (χ1) is 6.90. The molecule has 0 unspecified atom stereocenters. The van der Waals surface area contributed by atoms with Gasteiger partial charge in [0.15, 0.2) is 0 Å². The molecule has 15 heavy (non-hydrogen) atoms. The molecular formula is C11H20N4. The Bertz CT molecular complexity index is 328. The summed E-state index contributed by atoms with van der Waals surface area (Å²) < 4.78 is 0. The Morgan fingerprint density at radius 1 is 1.07 bits per heavy atom. The van der Waals surface area contributed by atoms with Crippen LogP contribution in [0.15, 0.2) is 0 Å². The molecule has 0 saturated heterocycles. The van der Waals surface area contributed by atoms with E-state index in [9.17, 15) is 0 Å². The minimum atomic E-state index is 0.178. The van der Waals surface area contributed by atoms with Crippen molar-refractivity contribution in [1.29, 1.82) is 0 Å². The fourth-order valence-electron chi connectivity index (χ4n) is 1.38. The van der Waals surface area contributed by atoms with Gasteiger partial charge in [0.25, 0.3) is 0 Å². The lowest BCUT2D eigenvalue weighted by Crippen LogP contribution is -2.15. The molecule has 0 saturated carbocycles. The van der Waals surface area contributed by atoms with E-state index in [1.807, 2.05) is 0 Å². The lowest BCUT2D eigenvalue weighted by atomic mass is 9.92. The number of rotatable bonds is 3. The van der Waals surface area contributed by atoms with Crippen molar-refractivity contribution in [2.45, 2.75) is 47.0 Å². The fourth-order valence-corrected chi connectivity index (χ4v) is 1.38. The molecule has 2 N–H and O–H groups in total. The summed E-state index contributed by atoms with van der Waals surface area (Å²) in [6.07, 6.45) is 2.72. The monoisotopic (exact) mass is 208 g/mol. The van der Waals surface area contributed by atoms with Gasteiger partial charge < -0.3 is 5.73 Å². The second-order valence-electron chi connectivity index (χ2n) is 5.01. The Kier molecular flexibility index (Phi) is 3.61. The van der Waals surface area contributed by atoms with Gasteiger partial charge in [-0.05, 0) is 11.8 Å². The highest BCUT2D eigenvalue weighted by Gasteiger charge is 2.14. The van der Waals surface area contributed by atoms with Crippen molar-refractivity contribution in [2.75, 3.05) is 5.73 Å². The number of aryl methyl sites for hydroxylation is 1. The van der Waals surface area contributed by atoms with Crippen LogP contribution in [0, 0.1) is 5.41 Å². The Morgan fingerprint density at radius 2 is 1.67 bits per heavy atom. The highest BCUT2D eigenvalue weighted by atomic mass is 15.1. The van der Waals surface area contributed by atoms with Crippen molar-refractivity contribution < 1.29 is 0 Å². The smallest absolute Gasteiger partial charge is 0.223 e. The molecule has 1 heterocycles. The van der Waals surface area contributed by atoms with Crippen LogP contribution in [0.3, 0.4) is 0 Å². The van der Waals surface area contributed by atoms with E-state index in [0.29, 0.717) is 5.95 Å². The summed E-state index contributed by atoms with van der Waals surface area (Å²) in [7, 11) is 0. The molecule has 0 atom stereocenters. The van der Waals surface area contributed by atoms with E-state index in [0.717, 1.165) is 30.9 Å². The van der Waals surface area contributed by atoms with Gasteiger partial charge in [-0.25, -0.2) is 4.98 Å². The number of anilines is 1. The molecule has 84 valence electrons. The van der Waals surface area contributed by atoms with E-state index in [1.54, 1.807) is 0 Å². The lowest BCUT2D eigenvalue weighted by molar-refractivity contribution is 0.399. The van der Waals surface area contributed by atoms with Gasteiger partial charge in [0.05, 0.1) is 0 Å². The molecule has 0 spiro atoms. The molecule has 1 rings (SSSR count). The molecule has 0 aliphatic rings. The number of aromatic nitrogens is 3. The molecule has 0 radical (unpaired) electrons. The molecule has 4 nitrogen and oxygen atoms in total. The largest absolute Gasteiger partial charge is 0.368 e. The highest BCUT2D eigenvalue weighted by Crippen LogP contribution is 2.18. The number of nitrogen functional groups attached to an aromatic ring is 1. The average Bonchev–Trinajstić information content (AvgIpc) is 1.99. The number of hydrogen-bond donors (Lipinski definition) is 1. The van der Waals surface area contributed by atoms with Crippen molar-refractivity contribution in [3.63, 3.8) is 0 Å². The third kappa shape index (κ3) is 4.23. The Hall–Kier alpha value is -1.19. The quantitative estimate of drug-likeness (QED) is 0.825. The SMILES string of the molecule is CCCc1nc(N)nc(CC(C)(C)C)n1. The van der Waals surface area contributed by atoms with Crippen LogP contribution in [-0.4, -0.2) is 15.0 Å². The predicted molar refractivity (Wildman–Crippen MR) is 61.4 cm³/mol. The van der Waals surface area contributed by atoms with E-state index in [1.165, 1.54) is 0 Å². The molecule has 0 bridgehead atoms. The van der Waals surface area contributed by atoms with Crippen molar-refractivity contribution in [1.82, 2.24) is 15.0 Å². The molecule has 0 aliphatic carbocycles. The van der Waals surface area contributed by atoms with Gasteiger partial charge in [-0.1, -0.05) is 27.7 Å². The highest BCUT2D eigenvalue weighted by molar-refractivity contribution is 5.16. The molecule has 0 amide bonds. The van der Waals surface area contributed by atoms with E-state index >= 15 is 0 Å². The zero-order chi connectivity index (χ0) is 11.5. The van der Waals surface area contributed by atoms with Crippen LogP contribution < -0.4 is 5.73 Å². The summed E-state index contributed by atoms with van der Waals surface area (Å²) in [6.45, 7) is 8.58. The number of nitrogens with zero attached hydrogens (tertiary/aromatic N) is 3. The molecule has 1 aromatic rings. The molecule has 0 aromatic carbocycles. The van der Waals surface area contributed by atoms with E-state index in [4.69, 9.17) is 5.73 Å². The standard InChI is InChI=1S/C11H20N4/c1-5-6-8-13-9(7-11(2,3)4)15-10(12)14-8/h5-7H2,1-4H3,(H2,12,13,14,15). The Morgan fingerprint density at radius 3 is 2.20 bits per heavy atom.